The first-order valence-corrected chi connectivity index (χ1v) is 7.29. The summed E-state index contributed by atoms with van der Waals surface area (Å²) in [6.45, 7) is 11.1. The van der Waals surface area contributed by atoms with Crippen LogP contribution in [0.2, 0.25) is 0 Å². The van der Waals surface area contributed by atoms with Gasteiger partial charge in [0.25, 0.3) is 0 Å². The van der Waals surface area contributed by atoms with E-state index in [4.69, 9.17) is 0 Å². The number of hydrogen-bond acceptors (Lipinski definition) is 4. The van der Waals surface area contributed by atoms with Gasteiger partial charge in [-0.15, -0.1) is 11.3 Å². The maximum atomic E-state index is 9.32. The average Bonchev–Trinajstić information content (AvgIpc) is 2.85. The highest BCUT2D eigenvalue weighted by atomic mass is 32.1. The molecule has 0 unspecified atom stereocenters. The second-order valence-electron chi connectivity index (χ2n) is 5.84. The fourth-order valence-corrected chi connectivity index (χ4v) is 2.97. The van der Waals surface area contributed by atoms with E-state index in [1.54, 1.807) is 11.3 Å². The third-order valence-corrected chi connectivity index (χ3v) is 4.13. The highest BCUT2D eigenvalue weighted by molar-refractivity contribution is 7.09. The molecule has 19 heavy (non-hydrogen) atoms. The molecule has 2 heterocycles. The lowest BCUT2D eigenvalue weighted by molar-refractivity contribution is 0.280. The van der Waals surface area contributed by atoms with Crippen molar-refractivity contribution in [1.29, 1.82) is 0 Å². The van der Waals surface area contributed by atoms with Crippen LogP contribution in [0.3, 0.4) is 0 Å². The Labute approximate surface area is 118 Å². The van der Waals surface area contributed by atoms with Gasteiger partial charge in [0.1, 0.15) is 5.01 Å². The minimum Gasteiger partial charge on any atom is -0.392 e. The van der Waals surface area contributed by atoms with Crippen LogP contribution < -0.4 is 0 Å². The Kier molecular flexibility index (Phi) is 3.78. The number of aliphatic hydroxyl groups excluding tert-OH is 1. The molecule has 5 heteroatoms. The van der Waals surface area contributed by atoms with Crippen LogP contribution in [0.1, 0.15) is 48.4 Å². The molecular formula is C14H21N3OS. The molecule has 2 aromatic rings. The van der Waals surface area contributed by atoms with Crippen molar-refractivity contribution in [3.05, 3.63) is 33.0 Å². The molecule has 0 spiro atoms. The monoisotopic (exact) mass is 279 g/mol. The molecule has 4 nitrogen and oxygen atoms in total. The van der Waals surface area contributed by atoms with Crippen LogP contribution in [-0.2, 0) is 18.6 Å². The molecule has 0 aliphatic heterocycles. The molecule has 0 amide bonds. The van der Waals surface area contributed by atoms with Crippen LogP contribution in [0.5, 0.6) is 0 Å². The standard InChI is InChI=1S/C14H21N3OS/c1-9-11(7-18)10(2)17(16-9)6-13-15-12(8-19-13)14(3,4)5/h8,18H,6-7H2,1-5H3. The predicted molar refractivity (Wildman–Crippen MR) is 77.5 cm³/mol. The zero-order valence-electron chi connectivity index (χ0n) is 12.2. The van der Waals surface area contributed by atoms with E-state index < -0.39 is 0 Å². The van der Waals surface area contributed by atoms with E-state index in [-0.39, 0.29) is 12.0 Å². The molecule has 0 bridgehead atoms. The molecule has 0 aliphatic carbocycles. The zero-order valence-corrected chi connectivity index (χ0v) is 13.0. The van der Waals surface area contributed by atoms with E-state index >= 15 is 0 Å². The number of aryl methyl sites for hydroxylation is 1. The molecule has 0 aliphatic rings. The maximum absolute atomic E-state index is 9.32. The Bertz CT molecular complexity index is 578. The predicted octanol–water partition coefficient (Wildman–Crippen LogP) is 2.79. The van der Waals surface area contributed by atoms with Crippen LogP contribution in [0.25, 0.3) is 0 Å². The van der Waals surface area contributed by atoms with E-state index in [9.17, 15) is 5.11 Å². The van der Waals surface area contributed by atoms with Crippen molar-refractivity contribution in [1.82, 2.24) is 14.8 Å². The summed E-state index contributed by atoms with van der Waals surface area (Å²) in [5, 5.41) is 17.0. The van der Waals surface area contributed by atoms with Gasteiger partial charge in [0.2, 0.25) is 0 Å². The largest absolute Gasteiger partial charge is 0.392 e. The van der Waals surface area contributed by atoms with Gasteiger partial charge >= 0.3 is 0 Å². The number of hydrogen-bond donors (Lipinski definition) is 1. The van der Waals surface area contributed by atoms with E-state index in [0.29, 0.717) is 6.54 Å². The molecule has 104 valence electrons. The third-order valence-electron chi connectivity index (χ3n) is 3.29. The van der Waals surface area contributed by atoms with Crippen molar-refractivity contribution in [2.24, 2.45) is 0 Å². The van der Waals surface area contributed by atoms with Gasteiger partial charge in [0, 0.05) is 22.1 Å². The normalized spacial score (nSPS) is 12.1. The molecule has 0 radical (unpaired) electrons. The van der Waals surface area contributed by atoms with Crippen LogP contribution in [-0.4, -0.2) is 19.9 Å². The summed E-state index contributed by atoms with van der Waals surface area (Å²) >= 11 is 1.67. The summed E-state index contributed by atoms with van der Waals surface area (Å²) in [6.07, 6.45) is 0. The van der Waals surface area contributed by atoms with E-state index in [2.05, 4.69) is 36.2 Å². The summed E-state index contributed by atoms with van der Waals surface area (Å²) in [5.74, 6) is 0. The zero-order chi connectivity index (χ0) is 14.2. The van der Waals surface area contributed by atoms with Gasteiger partial charge in [-0.2, -0.15) is 5.10 Å². The maximum Gasteiger partial charge on any atom is 0.114 e. The Balaban J connectivity index is 2.25. The molecular weight excluding hydrogens is 258 g/mol. The highest BCUT2D eigenvalue weighted by Gasteiger charge is 2.18. The first kappa shape index (κ1) is 14.2. The summed E-state index contributed by atoms with van der Waals surface area (Å²) in [4.78, 5) is 4.68. The molecule has 0 atom stereocenters. The lowest BCUT2D eigenvalue weighted by Crippen LogP contribution is -2.12. The van der Waals surface area contributed by atoms with Gasteiger partial charge in [-0.3, -0.25) is 4.68 Å². The van der Waals surface area contributed by atoms with E-state index in [0.717, 1.165) is 27.7 Å². The third kappa shape index (κ3) is 2.87. The van der Waals surface area contributed by atoms with Crippen LogP contribution >= 0.6 is 11.3 Å². The lowest BCUT2D eigenvalue weighted by atomic mass is 9.93. The highest BCUT2D eigenvalue weighted by Crippen LogP contribution is 2.24. The smallest absolute Gasteiger partial charge is 0.114 e. The molecule has 0 aromatic carbocycles. The minimum atomic E-state index is 0.0444. The summed E-state index contributed by atoms with van der Waals surface area (Å²) in [6, 6.07) is 0. The van der Waals surface area contributed by atoms with Gasteiger partial charge in [0.05, 0.1) is 24.5 Å². The molecule has 2 aromatic heterocycles. The van der Waals surface area contributed by atoms with Crippen LogP contribution in [0, 0.1) is 13.8 Å². The van der Waals surface area contributed by atoms with E-state index in [1.807, 2.05) is 18.5 Å². The Morgan fingerprint density at radius 1 is 1.32 bits per heavy atom. The van der Waals surface area contributed by atoms with Crippen LogP contribution in [0.4, 0.5) is 0 Å². The van der Waals surface area contributed by atoms with Crippen molar-refractivity contribution < 1.29 is 5.11 Å². The summed E-state index contributed by atoms with van der Waals surface area (Å²) in [7, 11) is 0. The van der Waals surface area contributed by atoms with Gasteiger partial charge in [-0.1, -0.05) is 20.8 Å². The van der Waals surface area contributed by atoms with E-state index in [1.165, 1.54) is 0 Å². The Hall–Kier alpha value is -1.20. The number of aliphatic hydroxyl groups is 1. The van der Waals surface area contributed by atoms with Gasteiger partial charge < -0.3 is 5.11 Å². The quantitative estimate of drug-likeness (QED) is 0.940. The second-order valence-corrected chi connectivity index (χ2v) is 6.78. The minimum absolute atomic E-state index is 0.0444. The fourth-order valence-electron chi connectivity index (χ4n) is 1.97. The fraction of sp³-hybridized carbons (Fsp3) is 0.571. The number of nitrogens with zero attached hydrogens (tertiary/aromatic N) is 3. The van der Waals surface area contributed by atoms with Crippen molar-refractivity contribution in [2.75, 3.05) is 0 Å². The first-order chi connectivity index (χ1) is 8.82. The van der Waals surface area contributed by atoms with Crippen molar-refractivity contribution in [3.8, 4) is 0 Å². The topological polar surface area (TPSA) is 50.9 Å². The average molecular weight is 279 g/mol. The van der Waals surface area contributed by atoms with Crippen molar-refractivity contribution >= 4 is 11.3 Å². The van der Waals surface area contributed by atoms with Gasteiger partial charge in [-0.25, -0.2) is 4.98 Å². The van der Waals surface area contributed by atoms with Gasteiger partial charge in [-0.05, 0) is 13.8 Å². The molecule has 0 saturated heterocycles. The lowest BCUT2D eigenvalue weighted by Gasteiger charge is -2.14. The number of rotatable bonds is 3. The SMILES string of the molecule is Cc1nn(Cc2nc(C(C)(C)C)cs2)c(C)c1CO. The van der Waals surface area contributed by atoms with Crippen molar-refractivity contribution in [2.45, 2.75) is 53.2 Å². The van der Waals surface area contributed by atoms with Gasteiger partial charge in [0.15, 0.2) is 0 Å². The Morgan fingerprint density at radius 2 is 2.00 bits per heavy atom. The van der Waals surface area contributed by atoms with Crippen LogP contribution in [0.15, 0.2) is 5.38 Å². The molecule has 0 saturated carbocycles. The second kappa shape index (κ2) is 5.06. The number of aromatic nitrogens is 3. The molecule has 1 N–H and O–H groups in total. The summed E-state index contributed by atoms with van der Waals surface area (Å²) in [5.41, 5.74) is 4.05. The first-order valence-electron chi connectivity index (χ1n) is 6.41. The summed E-state index contributed by atoms with van der Waals surface area (Å²) < 4.78 is 1.92. The van der Waals surface area contributed by atoms with Crippen molar-refractivity contribution in [3.63, 3.8) is 0 Å². The Morgan fingerprint density at radius 3 is 2.47 bits per heavy atom. The molecule has 2 rings (SSSR count). The molecule has 0 fully saturated rings. The number of thiazole rings is 1.